The molecule has 2 N–H and O–H groups in total. The number of phosphoric acid groups is 1. The van der Waals surface area contributed by atoms with Gasteiger partial charge < -0.3 is 19.3 Å². The maximum Gasteiger partial charge on any atom is 0.469 e. The van der Waals surface area contributed by atoms with Gasteiger partial charge in [0.15, 0.2) is 0 Å². The summed E-state index contributed by atoms with van der Waals surface area (Å²) in [5.41, 5.74) is -0.435. The Hall–Kier alpha value is -0.110. The first-order chi connectivity index (χ1) is 7.28. The SMILES string of the molecule is CC(=O)OC1C[C@H](S)O[C@@H]1COP(=O)(O)O. The summed E-state index contributed by atoms with van der Waals surface area (Å²) in [6.45, 7) is 0.895. The zero-order valence-electron chi connectivity index (χ0n) is 8.48. The van der Waals surface area contributed by atoms with Crippen LogP contribution in [0.5, 0.6) is 0 Å². The van der Waals surface area contributed by atoms with Crippen molar-refractivity contribution in [1.82, 2.24) is 0 Å². The fourth-order valence-electron chi connectivity index (χ4n) is 1.35. The van der Waals surface area contributed by atoms with Crippen molar-refractivity contribution in [3.8, 4) is 0 Å². The lowest BCUT2D eigenvalue weighted by Gasteiger charge is -2.18. The molecule has 0 bridgehead atoms. The van der Waals surface area contributed by atoms with E-state index in [1.165, 1.54) is 6.92 Å². The molecule has 9 heteroatoms. The van der Waals surface area contributed by atoms with E-state index in [-0.39, 0.29) is 6.61 Å². The molecule has 1 aliphatic heterocycles. The Balaban J connectivity index is 2.49. The monoisotopic (exact) mass is 272 g/mol. The number of hydrogen-bond donors (Lipinski definition) is 3. The van der Waals surface area contributed by atoms with E-state index in [0.717, 1.165) is 0 Å². The van der Waals surface area contributed by atoms with Crippen LogP contribution in [0.3, 0.4) is 0 Å². The van der Waals surface area contributed by atoms with E-state index in [1.807, 2.05) is 0 Å². The first-order valence-corrected chi connectivity index (χ1v) is 6.53. The number of ether oxygens (including phenoxy) is 2. The topological polar surface area (TPSA) is 102 Å². The van der Waals surface area contributed by atoms with E-state index in [9.17, 15) is 9.36 Å². The van der Waals surface area contributed by atoms with Gasteiger partial charge in [0.2, 0.25) is 0 Å². The fourth-order valence-corrected chi connectivity index (χ4v) is 2.06. The number of hydrogen-bond acceptors (Lipinski definition) is 6. The normalized spacial score (nSPS) is 30.4. The number of carbonyl (C=O) groups excluding carboxylic acids is 1. The third-order valence-electron chi connectivity index (χ3n) is 1.90. The Morgan fingerprint density at radius 3 is 2.75 bits per heavy atom. The minimum Gasteiger partial charge on any atom is -0.460 e. The third kappa shape index (κ3) is 4.82. The summed E-state index contributed by atoms with van der Waals surface area (Å²) in [6, 6.07) is 0. The van der Waals surface area contributed by atoms with E-state index in [0.29, 0.717) is 6.42 Å². The predicted octanol–water partition coefficient (Wildman–Crippen LogP) is 0.0722. The highest BCUT2D eigenvalue weighted by Gasteiger charge is 2.37. The Kier molecular flexibility index (Phi) is 4.78. The zero-order valence-corrected chi connectivity index (χ0v) is 10.3. The average molecular weight is 272 g/mol. The molecule has 0 aliphatic carbocycles. The van der Waals surface area contributed by atoms with Gasteiger partial charge in [0.1, 0.15) is 17.6 Å². The third-order valence-corrected chi connectivity index (χ3v) is 2.72. The van der Waals surface area contributed by atoms with Crippen LogP contribution in [0.25, 0.3) is 0 Å². The van der Waals surface area contributed by atoms with Gasteiger partial charge in [-0.2, -0.15) is 0 Å². The Labute approximate surface area is 97.7 Å². The molecule has 1 heterocycles. The highest BCUT2D eigenvalue weighted by atomic mass is 32.1. The fraction of sp³-hybridized carbons (Fsp3) is 0.857. The average Bonchev–Trinajstić information content (AvgIpc) is 2.40. The number of esters is 1. The minimum absolute atomic E-state index is 0.348. The summed E-state index contributed by atoms with van der Waals surface area (Å²) in [4.78, 5) is 27.8. The molecular formula is C7H13O7PS. The molecule has 7 nitrogen and oxygen atoms in total. The van der Waals surface area contributed by atoms with E-state index >= 15 is 0 Å². The van der Waals surface area contributed by atoms with Gasteiger partial charge in [-0.1, -0.05) is 0 Å². The maximum atomic E-state index is 10.8. The van der Waals surface area contributed by atoms with Crippen molar-refractivity contribution in [2.75, 3.05) is 6.61 Å². The van der Waals surface area contributed by atoms with Gasteiger partial charge in [-0.3, -0.25) is 9.32 Å². The van der Waals surface area contributed by atoms with Crippen molar-refractivity contribution in [3.63, 3.8) is 0 Å². The van der Waals surface area contributed by atoms with Crippen LogP contribution in [0.4, 0.5) is 0 Å². The number of thiol groups is 1. The van der Waals surface area contributed by atoms with Crippen molar-refractivity contribution >= 4 is 26.4 Å². The van der Waals surface area contributed by atoms with Crippen LogP contribution < -0.4 is 0 Å². The molecule has 94 valence electrons. The molecule has 1 fully saturated rings. The Bertz CT molecular complexity index is 303. The van der Waals surface area contributed by atoms with Crippen LogP contribution in [0.1, 0.15) is 13.3 Å². The van der Waals surface area contributed by atoms with Gasteiger partial charge in [-0.25, -0.2) is 4.57 Å². The molecule has 0 amide bonds. The molecule has 0 aromatic rings. The molecule has 0 spiro atoms. The second kappa shape index (κ2) is 5.48. The summed E-state index contributed by atoms with van der Waals surface area (Å²) >= 11 is 4.04. The molecule has 1 aliphatic rings. The summed E-state index contributed by atoms with van der Waals surface area (Å²) in [5.74, 6) is -0.489. The van der Waals surface area contributed by atoms with Crippen LogP contribution in [0, 0.1) is 0 Å². The second-order valence-corrected chi connectivity index (χ2v) is 5.11. The van der Waals surface area contributed by atoms with E-state index in [1.54, 1.807) is 0 Å². The predicted molar refractivity (Wildman–Crippen MR) is 55.8 cm³/mol. The van der Waals surface area contributed by atoms with Crippen LogP contribution in [-0.4, -0.2) is 40.0 Å². The molecule has 0 saturated carbocycles. The van der Waals surface area contributed by atoms with Gasteiger partial charge in [0.25, 0.3) is 0 Å². The number of rotatable bonds is 4. The summed E-state index contributed by atoms with van der Waals surface area (Å²) in [7, 11) is -4.54. The lowest BCUT2D eigenvalue weighted by molar-refractivity contribution is -0.149. The molecule has 0 aromatic carbocycles. The summed E-state index contributed by atoms with van der Waals surface area (Å²) < 4.78 is 24.9. The second-order valence-electron chi connectivity index (χ2n) is 3.30. The number of phosphoric ester groups is 1. The molecule has 0 aromatic heterocycles. The molecular weight excluding hydrogens is 259 g/mol. The van der Waals surface area contributed by atoms with Crippen LogP contribution in [-0.2, 0) is 23.4 Å². The molecule has 1 rings (SSSR count). The van der Waals surface area contributed by atoms with Crippen LogP contribution in [0.15, 0.2) is 0 Å². The van der Waals surface area contributed by atoms with Crippen molar-refractivity contribution in [2.45, 2.75) is 31.0 Å². The van der Waals surface area contributed by atoms with Gasteiger partial charge in [-0.05, 0) is 0 Å². The van der Waals surface area contributed by atoms with Gasteiger partial charge >= 0.3 is 13.8 Å². The van der Waals surface area contributed by atoms with E-state index in [4.69, 9.17) is 19.3 Å². The van der Waals surface area contributed by atoms with Crippen LogP contribution in [0.2, 0.25) is 0 Å². The Morgan fingerprint density at radius 2 is 2.25 bits per heavy atom. The molecule has 1 unspecified atom stereocenters. The largest absolute Gasteiger partial charge is 0.469 e. The van der Waals surface area contributed by atoms with Crippen molar-refractivity contribution in [3.05, 3.63) is 0 Å². The van der Waals surface area contributed by atoms with Crippen molar-refractivity contribution < 1.29 is 33.1 Å². The lowest BCUT2D eigenvalue weighted by Crippen LogP contribution is -2.30. The highest BCUT2D eigenvalue weighted by Crippen LogP contribution is 2.37. The van der Waals surface area contributed by atoms with Gasteiger partial charge in [0, 0.05) is 13.3 Å². The Morgan fingerprint density at radius 1 is 1.62 bits per heavy atom. The molecule has 0 radical (unpaired) electrons. The van der Waals surface area contributed by atoms with Crippen LogP contribution >= 0.6 is 20.5 Å². The first-order valence-electron chi connectivity index (χ1n) is 4.49. The molecule has 1 saturated heterocycles. The highest BCUT2D eigenvalue weighted by molar-refractivity contribution is 7.80. The quantitative estimate of drug-likeness (QED) is 0.378. The number of carbonyl (C=O) groups is 1. The lowest BCUT2D eigenvalue weighted by atomic mass is 10.2. The van der Waals surface area contributed by atoms with Crippen molar-refractivity contribution in [2.24, 2.45) is 0 Å². The summed E-state index contributed by atoms with van der Waals surface area (Å²) in [5, 5.41) is 0. The van der Waals surface area contributed by atoms with Crippen molar-refractivity contribution in [1.29, 1.82) is 0 Å². The van der Waals surface area contributed by atoms with Gasteiger partial charge in [0.05, 0.1) is 6.61 Å². The smallest absolute Gasteiger partial charge is 0.460 e. The van der Waals surface area contributed by atoms with E-state index in [2.05, 4.69) is 17.2 Å². The molecule has 16 heavy (non-hydrogen) atoms. The zero-order chi connectivity index (χ0) is 12.3. The van der Waals surface area contributed by atoms with Gasteiger partial charge in [-0.15, -0.1) is 12.6 Å². The summed E-state index contributed by atoms with van der Waals surface area (Å²) in [6.07, 6.45) is -0.941. The molecule has 3 atom stereocenters. The van der Waals surface area contributed by atoms with E-state index < -0.39 is 31.4 Å². The first kappa shape index (κ1) is 14.0. The minimum atomic E-state index is -4.54. The maximum absolute atomic E-state index is 10.8. The standard InChI is InChI=1S/C7H13O7PS/c1-4(8)13-5-2-7(16)14-6(5)3-12-15(9,10)11/h5-7,16H,2-3H2,1H3,(H2,9,10,11)/t5?,6-,7+/m1/s1.